The highest BCUT2D eigenvalue weighted by atomic mass is 16.5. The molecule has 3 rings (SSSR count). The van der Waals surface area contributed by atoms with E-state index in [0.717, 1.165) is 16.7 Å². The minimum absolute atomic E-state index is 0.0330. The van der Waals surface area contributed by atoms with Crippen LogP contribution in [0.4, 0.5) is 0 Å². The lowest BCUT2D eigenvalue weighted by molar-refractivity contribution is -0.138. The molecule has 2 aromatic rings. The standard InChI is InChI=1S/C22H25N3O4/c1-2-18(12-21(26)27)25-10-9-17-11-19(7-8-20(17)22(25)28)29-14-16-5-3-15(4-6-16)13-24-23/h3-8,11,13,18H,2,9-10,12,14,23H2,1H3,(H,26,27). The van der Waals surface area contributed by atoms with E-state index >= 15 is 0 Å². The Bertz CT molecular complexity index is 909. The van der Waals surface area contributed by atoms with E-state index in [2.05, 4.69) is 5.10 Å². The van der Waals surface area contributed by atoms with Crippen LogP contribution < -0.4 is 10.6 Å². The Hall–Kier alpha value is -3.35. The van der Waals surface area contributed by atoms with Crippen molar-refractivity contribution in [2.24, 2.45) is 10.9 Å². The Balaban J connectivity index is 1.67. The summed E-state index contributed by atoms with van der Waals surface area (Å²) >= 11 is 0. The van der Waals surface area contributed by atoms with Crippen molar-refractivity contribution in [1.82, 2.24) is 4.90 Å². The maximum absolute atomic E-state index is 12.8. The molecule has 1 unspecified atom stereocenters. The molecule has 2 aromatic carbocycles. The molecule has 0 radical (unpaired) electrons. The van der Waals surface area contributed by atoms with Crippen molar-refractivity contribution in [3.05, 3.63) is 64.7 Å². The fraction of sp³-hybridized carbons (Fsp3) is 0.318. The SMILES string of the molecule is CCC(CC(=O)O)N1CCc2cc(OCc3ccc(C=NN)cc3)ccc2C1=O. The molecule has 0 saturated heterocycles. The van der Waals surface area contributed by atoms with Crippen LogP contribution in [0.3, 0.4) is 0 Å². The molecular formula is C22H25N3O4. The van der Waals surface area contributed by atoms with Gasteiger partial charge in [0, 0.05) is 18.2 Å². The van der Waals surface area contributed by atoms with Crippen molar-refractivity contribution in [3.8, 4) is 5.75 Å². The zero-order valence-electron chi connectivity index (χ0n) is 16.4. The molecule has 152 valence electrons. The molecule has 1 amide bonds. The van der Waals surface area contributed by atoms with Crippen LogP contribution >= 0.6 is 0 Å². The maximum Gasteiger partial charge on any atom is 0.305 e. The average Bonchev–Trinajstić information content (AvgIpc) is 2.72. The topological polar surface area (TPSA) is 105 Å². The van der Waals surface area contributed by atoms with Gasteiger partial charge in [0.2, 0.25) is 0 Å². The van der Waals surface area contributed by atoms with E-state index in [1.54, 1.807) is 23.2 Å². The van der Waals surface area contributed by atoms with Gasteiger partial charge in [0.05, 0.1) is 12.6 Å². The molecule has 1 atom stereocenters. The van der Waals surface area contributed by atoms with Crippen molar-refractivity contribution in [2.75, 3.05) is 6.54 Å². The van der Waals surface area contributed by atoms with Gasteiger partial charge < -0.3 is 20.6 Å². The third kappa shape index (κ3) is 4.93. The number of nitrogens with two attached hydrogens (primary N) is 1. The van der Waals surface area contributed by atoms with Crippen molar-refractivity contribution >= 4 is 18.1 Å². The molecule has 0 fully saturated rings. The lowest BCUT2D eigenvalue weighted by Crippen LogP contribution is -2.45. The van der Waals surface area contributed by atoms with E-state index < -0.39 is 5.97 Å². The average molecular weight is 395 g/mol. The maximum atomic E-state index is 12.8. The number of ether oxygens (including phenoxy) is 1. The summed E-state index contributed by atoms with van der Waals surface area (Å²) in [6.07, 6.45) is 2.84. The van der Waals surface area contributed by atoms with Gasteiger partial charge in [0.15, 0.2) is 0 Å². The minimum Gasteiger partial charge on any atom is -0.489 e. The lowest BCUT2D eigenvalue weighted by Gasteiger charge is -2.34. The second-order valence-electron chi connectivity index (χ2n) is 7.04. The number of nitrogens with zero attached hydrogens (tertiary/aromatic N) is 2. The number of fused-ring (bicyclic) bond motifs is 1. The van der Waals surface area contributed by atoms with Gasteiger partial charge in [-0.3, -0.25) is 9.59 Å². The van der Waals surface area contributed by atoms with E-state index in [0.29, 0.717) is 37.3 Å². The van der Waals surface area contributed by atoms with Crippen LogP contribution in [0.15, 0.2) is 47.6 Å². The molecule has 0 saturated carbocycles. The molecule has 3 N–H and O–H groups in total. The molecular weight excluding hydrogens is 370 g/mol. The van der Waals surface area contributed by atoms with E-state index in [1.807, 2.05) is 37.3 Å². The number of hydrazone groups is 1. The summed E-state index contributed by atoms with van der Waals surface area (Å²) in [4.78, 5) is 25.6. The predicted molar refractivity (Wildman–Crippen MR) is 110 cm³/mol. The number of hydrogen-bond donors (Lipinski definition) is 2. The van der Waals surface area contributed by atoms with Crippen LogP contribution in [0.5, 0.6) is 5.75 Å². The molecule has 7 nitrogen and oxygen atoms in total. The highest BCUT2D eigenvalue weighted by Crippen LogP contribution is 2.27. The Morgan fingerprint density at radius 3 is 2.72 bits per heavy atom. The van der Waals surface area contributed by atoms with Gasteiger partial charge in [-0.2, -0.15) is 5.10 Å². The molecule has 7 heteroatoms. The highest BCUT2D eigenvalue weighted by Gasteiger charge is 2.30. The summed E-state index contributed by atoms with van der Waals surface area (Å²) in [6.45, 7) is 2.84. The number of carboxylic acid groups (broad SMARTS) is 1. The van der Waals surface area contributed by atoms with Crippen LogP contribution in [0.1, 0.15) is 46.8 Å². The molecule has 0 spiro atoms. The summed E-state index contributed by atoms with van der Waals surface area (Å²) in [7, 11) is 0. The minimum atomic E-state index is -0.887. The third-order valence-electron chi connectivity index (χ3n) is 5.12. The van der Waals surface area contributed by atoms with Crippen LogP contribution in [0, 0.1) is 0 Å². The van der Waals surface area contributed by atoms with Gasteiger partial charge in [-0.15, -0.1) is 0 Å². The smallest absolute Gasteiger partial charge is 0.305 e. The summed E-state index contributed by atoms with van der Waals surface area (Å²) < 4.78 is 5.88. The number of rotatable bonds is 8. The first-order valence-corrected chi connectivity index (χ1v) is 9.62. The van der Waals surface area contributed by atoms with Crippen molar-refractivity contribution in [1.29, 1.82) is 0 Å². The first-order chi connectivity index (χ1) is 14.0. The van der Waals surface area contributed by atoms with Crippen LogP contribution in [0.2, 0.25) is 0 Å². The fourth-order valence-corrected chi connectivity index (χ4v) is 3.55. The van der Waals surface area contributed by atoms with Gasteiger partial charge in [-0.25, -0.2) is 0 Å². The number of benzene rings is 2. The van der Waals surface area contributed by atoms with E-state index in [1.165, 1.54) is 0 Å². The van der Waals surface area contributed by atoms with Crippen LogP contribution in [0.25, 0.3) is 0 Å². The molecule has 0 aromatic heterocycles. The summed E-state index contributed by atoms with van der Waals surface area (Å²) in [6, 6.07) is 12.9. The summed E-state index contributed by atoms with van der Waals surface area (Å²) in [5.41, 5.74) is 3.49. The zero-order chi connectivity index (χ0) is 20.8. The Morgan fingerprint density at radius 1 is 1.31 bits per heavy atom. The lowest BCUT2D eigenvalue weighted by atomic mass is 9.96. The summed E-state index contributed by atoms with van der Waals surface area (Å²) in [5, 5.41) is 12.6. The van der Waals surface area contributed by atoms with Gasteiger partial charge in [0.1, 0.15) is 12.4 Å². The monoisotopic (exact) mass is 395 g/mol. The number of aliphatic carboxylic acids is 1. The molecule has 1 heterocycles. The summed E-state index contributed by atoms with van der Waals surface area (Å²) in [5.74, 6) is 4.85. The van der Waals surface area contributed by atoms with E-state index in [4.69, 9.17) is 15.7 Å². The van der Waals surface area contributed by atoms with Crippen molar-refractivity contribution in [2.45, 2.75) is 38.8 Å². The number of carboxylic acids is 1. The van der Waals surface area contributed by atoms with Crippen molar-refractivity contribution < 1.29 is 19.4 Å². The number of carbonyl (C=O) groups excluding carboxylic acids is 1. The van der Waals surface area contributed by atoms with E-state index in [-0.39, 0.29) is 18.4 Å². The van der Waals surface area contributed by atoms with Crippen molar-refractivity contribution in [3.63, 3.8) is 0 Å². The van der Waals surface area contributed by atoms with Gasteiger partial charge in [-0.1, -0.05) is 31.2 Å². The van der Waals surface area contributed by atoms with Crippen LogP contribution in [-0.2, 0) is 17.8 Å². The second kappa shape index (κ2) is 9.23. The van der Waals surface area contributed by atoms with Crippen LogP contribution in [-0.4, -0.2) is 40.7 Å². The normalized spacial score (nSPS) is 14.7. The highest BCUT2D eigenvalue weighted by molar-refractivity contribution is 5.97. The molecule has 29 heavy (non-hydrogen) atoms. The third-order valence-corrected chi connectivity index (χ3v) is 5.12. The number of amides is 1. The molecule has 1 aliphatic rings. The van der Waals surface area contributed by atoms with Gasteiger partial charge in [0.25, 0.3) is 5.91 Å². The first kappa shape index (κ1) is 20.4. The van der Waals surface area contributed by atoms with E-state index in [9.17, 15) is 9.59 Å². The molecule has 0 aliphatic carbocycles. The molecule has 0 bridgehead atoms. The number of hydrogen-bond acceptors (Lipinski definition) is 5. The Morgan fingerprint density at radius 2 is 2.07 bits per heavy atom. The molecule has 1 aliphatic heterocycles. The predicted octanol–water partition coefficient (Wildman–Crippen LogP) is 2.81. The second-order valence-corrected chi connectivity index (χ2v) is 7.04. The van der Waals surface area contributed by atoms with Gasteiger partial charge in [-0.05, 0) is 47.7 Å². The first-order valence-electron chi connectivity index (χ1n) is 9.62. The fourth-order valence-electron chi connectivity index (χ4n) is 3.55. The zero-order valence-corrected chi connectivity index (χ0v) is 16.4. The quantitative estimate of drug-likeness (QED) is 0.406. The largest absolute Gasteiger partial charge is 0.489 e. The number of carbonyl (C=O) groups is 2. The Labute approximate surface area is 169 Å². The van der Waals surface area contributed by atoms with Gasteiger partial charge >= 0.3 is 5.97 Å². The Kier molecular flexibility index (Phi) is 6.49.